The average molecular weight is 302 g/mol. The van der Waals surface area contributed by atoms with Crippen molar-refractivity contribution in [1.29, 1.82) is 0 Å². The van der Waals surface area contributed by atoms with Crippen LogP contribution in [-0.2, 0) is 21.0 Å². The first-order valence-corrected chi connectivity index (χ1v) is 8.06. The molecule has 0 bridgehead atoms. The van der Waals surface area contributed by atoms with Crippen LogP contribution in [0.1, 0.15) is 5.56 Å². The number of alkyl halides is 3. The molecule has 0 aliphatic carbocycles. The van der Waals surface area contributed by atoms with Crippen LogP contribution in [0.2, 0.25) is 0 Å². The van der Waals surface area contributed by atoms with E-state index in [0.29, 0.717) is 10.9 Å². The molecule has 1 rings (SSSR count). The van der Waals surface area contributed by atoms with Crippen LogP contribution in [-0.4, -0.2) is 31.0 Å². The van der Waals surface area contributed by atoms with Crippen LogP contribution in [0, 0.1) is 6.92 Å². The van der Waals surface area contributed by atoms with Gasteiger partial charge < -0.3 is 4.55 Å². The molecule has 18 heavy (non-hydrogen) atoms. The van der Waals surface area contributed by atoms with Gasteiger partial charge in [-0.2, -0.15) is 13.2 Å². The van der Waals surface area contributed by atoms with Crippen molar-refractivity contribution >= 4 is 21.0 Å². The second kappa shape index (κ2) is 6.44. The van der Waals surface area contributed by atoms with E-state index in [-0.39, 0.29) is 0 Å². The van der Waals surface area contributed by atoms with Crippen LogP contribution in [0.3, 0.4) is 0 Å². The minimum absolute atomic E-state index is 0.413. The van der Waals surface area contributed by atoms with Gasteiger partial charge in [0.2, 0.25) is 0 Å². The maximum absolute atomic E-state index is 10.7. The van der Waals surface area contributed by atoms with E-state index in [1.165, 1.54) is 10.5 Å². The third-order valence-corrected chi connectivity index (χ3v) is 3.56. The van der Waals surface area contributed by atoms with Crippen LogP contribution in [0.4, 0.5) is 13.2 Å². The quantitative estimate of drug-likeness (QED) is 0.454. The zero-order chi connectivity index (χ0) is 14.6. The van der Waals surface area contributed by atoms with Gasteiger partial charge in [-0.3, -0.25) is 0 Å². The Bertz CT molecular complexity index is 464. The molecule has 0 atom stereocenters. The second-order valence-electron chi connectivity index (χ2n) is 3.53. The summed E-state index contributed by atoms with van der Waals surface area (Å²) in [5, 5.41) is 0. The zero-order valence-corrected chi connectivity index (χ0v) is 11.6. The van der Waals surface area contributed by atoms with Crippen LogP contribution in [0.15, 0.2) is 29.2 Å². The van der Waals surface area contributed by atoms with Gasteiger partial charge >= 0.3 is 5.51 Å². The first-order chi connectivity index (χ1) is 7.95. The minimum atomic E-state index is -6.09. The fourth-order valence-corrected chi connectivity index (χ4v) is 1.49. The Hall–Kier alpha value is -0.730. The molecule has 0 N–H and O–H groups in total. The summed E-state index contributed by atoms with van der Waals surface area (Å²) in [5.41, 5.74) is -4.30. The molecular formula is C10H13F3O3S2. The van der Waals surface area contributed by atoms with Gasteiger partial charge in [-0.05, 0) is 19.1 Å². The molecule has 0 heterocycles. The molecule has 0 aliphatic rings. The third-order valence-electron chi connectivity index (χ3n) is 1.78. The molecule has 0 fully saturated rings. The number of rotatable bonds is 1. The molecule has 0 radical (unpaired) electrons. The molecule has 0 aromatic heterocycles. The van der Waals surface area contributed by atoms with E-state index >= 15 is 0 Å². The lowest BCUT2D eigenvalue weighted by atomic mass is 10.2. The second-order valence-corrected chi connectivity index (χ2v) is 7.00. The Morgan fingerprint density at radius 1 is 1.11 bits per heavy atom. The highest BCUT2D eigenvalue weighted by atomic mass is 32.2. The molecule has 104 valence electrons. The Balaban J connectivity index is 0.000000331. The van der Waals surface area contributed by atoms with E-state index in [2.05, 4.69) is 43.7 Å². The molecule has 0 unspecified atom stereocenters. The van der Waals surface area contributed by atoms with Crippen molar-refractivity contribution in [1.82, 2.24) is 0 Å². The molecule has 0 saturated heterocycles. The molecular weight excluding hydrogens is 289 g/mol. The van der Waals surface area contributed by atoms with Crippen LogP contribution >= 0.6 is 0 Å². The summed E-state index contributed by atoms with van der Waals surface area (Å²) in [6.45, 7) is 2.12. The summed E-state index contributed by atoms with van der Waals surface area (Å²) < 4.78 is 58.9. The van der Waals surface area contributed by atoms with Gasteiger partial charge in [-0.15, -0.1) is 0 Å². The van der Waals surface area contributed by atoms with Crippen molar-refractivity contribution in [3.05, 3.63) is 29.8 Å². The van der Waals surface area contributed by atoms with Gasteiger partial charge in [-0.1, -0.05) is 17.7 Å². The first kappa shape index (κ1) is 17.3. The summed E-state index contributed by atoms with van der Waals surface area (Å²) in [4.78, 5) is 1.45. The predicted octanol–water partition coefficient (Wildman–Crippen LogP) is 2.28. The zero-order valence-electron chi connectivity index (χ0n) is 9.98. The maximum Gasteiger partial charge on any atom is 0.485 e. The van der Waals surface area contributed by atoms with E-state index in [9.17, 15) is 13.2 Å². The Morgan fingerprint density at radius 2 is 1.44 bits per heavy atom. The number of benzene rings is 1. The molecule has 3 nitrogen and oxygen atoms in total. The molecule has 1 aromatic carbocycles. The van der Waals surface area contributed by atoms with Crippen LogP contribution in [0.25, 0.3) is 0 Å². The van der Waals surface area contributed by atoms with Crippen molar-refractivity contribution in [2.75, 3.05) is 12.5 Å². The van der Waals surface area contributed by atoms with E-state index < -0.39 is 15.6 Å². The summed E-state index contributed by atoms with van der Waals surface area (Å²) in [5.74, 6) is 0. The Labute approximate surface area is 107 Å². The SMILES string of the molecule is Cc1ccc([S+](C)C)cc1.O=S(=O)([O-])C(F)(F)F. The molecule has 0 saturated carbocycles. The van der Waals surface area contributed by atoms with Crippen molar-refractivity contribution in [2.45, 2.75) is 17.3 Å². The summed E-state index contributed by atoms with van der Waals surface area (Å²) in [6.07, 6.45) is 4.48. The topological polar surface area (TPSA) is 57.2 Å². The van der Waals surface area contributed by atoms with Gasteiger partial charge in [0.1, 0.15) is 12.5 Å². The van der Waals surface area contributed by atoms with Crippen molar-refractivity contribution < 1.29 is 26.1 Å². The lowest BCUT2D eigenvalue weighted by Gasteiger charge is -2.08. The fraction of sp³-hybridized carbons (Fsp3) is 0.400. The number of hydrogen-bond acceptors (Lipinski definition) is 3. The largest absolute Gasteiger partial charge is 0.741 e. The van der Waals surface area contributed by atoms with Crippen LogP contribution in [0.5, 0.6) is 0 Å². The number of aryl methyl sites for hydroxylation is 1. The molecule has 0 aliphatic heterocycles. The highest BCUT2D eigenvalue weighted by Gasteiger charge is 2.36. The van der Waals surface area contributed by atoms with E-state index in [4.69, 9.17) is 13.0 Å². The highest BCUT2D eigenvalue weighted by Crippen LogP contribution is 2.20. The molecule has 1 aromatic rings. The van der Waals surface area contributed by atoms with E-state index in [0.717, 1.165) is 0 Å². The van der Waals surface area contributed by atoms with Crippen molar-refractivity contribution in [3.63, 3.8) is 0 Å². The third kappa shape index (κ3) is 6.27. The van der Waals surface area contributed by atoms with Gasteiger partial charge in [0.05, 0.1) is 0 Å². The van der Waals surface area contributed by atoms with Gasteiger partial charge in [0.15, 0.2) is 15.0 Å². The standard InChI is InChI=1S/C9H13S.CHF3O3S/c1-8-4-6-9(7-5-8)10(2)3;2-1(3,4)8(5,6)7/h4-7H,1-3H3;(H,5,6,7)/q+1;/p-1. The number of halogens is 3. The van der Waals surface area contributed by atoms with Crippen LogP contribution < -0.4 is 0 Å². The monoisotopic (exact) mass is 302 g/mol. The van der Waals surface area contributed by atoms with Gasteiger partial charge in [0, 0.05) is 10.9 Å². The minimum Gasteiger partial charge on any atom is -0.741 e. The smallest absolute Gasteiger partial charge is 0.485 e. The fourth-order valence-electron chi connectivity index (χ4n) is 0.810. The average Bonchev–Trinajstić information content (AvgIpc) is 2.16. The Kier molecular flexibility index (Phi) is 6.18. The molecule has 0 spiro atoms. The Morgan fingerprint density at radius 3 is 1.67 bits per heavy atom. The predicted molar refractivity (Wildman–Crippen MR) is 64.4 cm³/mol. The lowest BCUT2D eigenvalue weighted by molar-refractivity contribution is -0.0517. The lowest BCUT2D eigenvalue weighted by Crippen LogP contribution is -2.21. The summed E-state index contributed by atoms with van der Waals surface area (Å²) >= 11 is 0. The summed E-state index contributed by atoms with van der Waals surface area (Å²) in [7, 11) is -5.68. The maximum atomic E-state index is 10.7. The van der Waals surface area contributed by atoms with Crippen molar-refractivity contribution in [2.24, 2.45) is 0 Å². The van der Waals surface area contributed by atoms with E-state index in [1.807, 2.05) is 0 Å². The summed E-state index contributed by atoms with van der Waals surface area (Å²) in [6, 6.07) is 8.75. The first-order valence-electron chi connectivity index (χ1n) is 4.61. The molecule has 0 amide bonds. The normalized spacial score (nSPS) is 12.0. The van der Waals surface area contributed by atoms with Gasteiger partial charge in [0.25, 0.3) is 0 Å². The van der Waals surface area contributed by atoms with E-state index in [1.54, 1.807) is 0 Å². The molecule has 8 heteroatoms. The number of hydrogen-bond donors (Lipinski definition) is 0. The van der Waals surface area contributed by atoms with Gasteiger partial charge in [-0.25, -0.2) is 8.42 Å². The highest BCUT2D eigenvalue weighted by molar-refractivity contribution is 7.95. The van der Waals surface area contributed by atoms with Crippen molar-refractivity contribution in [3.8, 4) is 0 Å².